The lowest BCUT2D eigenvalue weighted by molar-refractivity contribution is 0.0723. The Morgan fingerprint density at radius 3 is 3.00 bits per heavy atom. The average Bonchev–Trinajstić information content (AvgIpc) is 3.31. The molecule has 1 aromatic carbocycles. The highest BCUT2D eigenvalue weighted by atomic mass is 16.7. The maximum Gasteiger partial charge on any atom is 0.258 e. The van der Waals surface area contributed by atoms with Crippen molar-refractivity contribution in [1.82, 2.24) is 15.0 Å². The molecule has 126 valence electrons. The molecule has 24 heavy (non-hydrogen) atoms. The number of carbonyl (C=O) groups is 1. The molecule has 2 aromatic rings. The zero-order valence-corrected chi connectivity index (χ0v) is 13.7. The number of hydrogen-bond acceptors (Lipinski definition) is 6. The highest BCUT2D eigenvalue weighted by molar-refractivity contribution is 5.98. The van der Waals surface area contributed by atoms with Gasteiger partial charge in [0, 0.05) is 12.5 Å². The van der Waals surface area contributed by atoms with Gasteiger partial charge >= 0.3 is 0 Å². The molecule has 1 aromatic heterocycles. The summed E-state index contributed by atoms with van der Waals surface area (Å²) in [5.41, 5.74) is 0.518. The first-order chi connectivity index (χ1) is 11.6. The van der Waals surface area contributed by atoms with Crippen LogP contribution in [0, 0.1) is 0 Å². The van der Waals surface area contributed by atoms with E-state index in [9.17, 15) is 4.79 Å². The van der Waals surface area contributed by atoms with Gasteiger partial charge in [-0.25, -0.2) is 0 Å². The second kappa shape index (κ2) is 5.81. The second-order valence-corrected chi connectivity index (χ2v) is 6.34. The van der Waals surface area contributed by atoms with Gasteiger partial charge < -0.3 is 18.9 Å². The summed E-state index contributed by atoms with van der Waals surface area (Å²) in [6.45, 7) is 4.81. The Bertz CT molecular complexity index is 771. The van der Waals surface area contributed by atoms with Gasteiger partial charge in [-0.05, 0) is 25.0 Å². The molecule has 0 bridgehead atoms. The molecule has 1 saturated heterocycles. The zero-order valence-electron chi connectivity index (χ0n) is 13.7. The van der Waals surface area contributed by atoms with Crippen molar-refractivity contribution in [2.45, 2.75) is 38.6 Å². The Balaban J connectivity index is 1.63. The Morgan fingerprint density at radius 1 is 1.33 bits per heavy atom. The third kappa shape index (κ3) is 2.40. The van der Waals surface area contributed by atoms with E-state index in [0.717, 1.165) is 12.8 Å². The fourth-order valence-corrected chi connectivity index (χ4v) is 3.15. The molecule has 1 fully saturated rings. The molecular formula is C17H19N3O4. The fraction of sp³-hybridized carbons (Fsp3) is 0.471. The predicted molar refractivity (Wildman–Crippen MR) is 84.0 cm³/mol. The molecule has 7 nitrogen and oxygen atoms in total. The molecule has 1 atom stereocenters. The van der Waals surface area contributed by atoms with E-state index in [2.05, 4.69) is 10.1 Å². The minimum Gasteiger partial charge on any atom is -0.454 e. The summed E-state index contributed by atoms with van der Waals surface area (Å²) in [5.74, 6) is 2.38. The third-order valence-corrected chi connectivity index (χ3v) is 4.39. The highest BCUT2D eigenvalue weighted by Crippen LogP contribution is 2.39. The number of amides is 1. The Labute approximate surface area is 139 Å². The number of aromatic nitrogens is 2. The molecule has 3 heterocycles. The van der Waals surface area contributed by atoms with Crippen LogP contribution in [-0.2, 0) is 0 Å². The van der Waals surface area contributed by atoms with Gasteiger partial charge in [0.15, 0.2) is 17.3 Å². The van der Waals surface area contributed by atoms with E-state index in [1.807, 2.05) is 13.8 Å². The summed E-state index contributed by atoms with van der Waals surface area (Å²) in [6, 6.07) is 5.21. The molecular weight excluding hydrogens is 310 g/mol. The highest BCUT2D eigenvalue weighted by Gasteiger charge is 2.36. The van der Waals surface area contributed by atoms with Gasteiger partial charge in [0.25, 0.3) is 5.91 Å². The van der Waals surface area contributed by atoms with Gasteiger partial charge in [-0.2, -0.15) is 4.98 Å². The summed E-state index contributed by atoms with van der Waals surface area (Å²) in [5, 5.41) is 4.08. The Kier molecular flexibility index (Phi) is 3.63. The topological polar surface area (TPSA) is 77.7 Å². The van der Waals surface area contributed by atoms with Crippen molar-refractivity contribution in [3.05, 3.63) is 35.5 Å². The van der Waals surface area contributed by atoms with Gasteiger partial charge in [0.05, 0.1) is 11.6 Å². The first kappa shape index (κ1) is 15.0. The lowest BCUT2D eigenvalue weighted by Crippen LogP contribution is -2.31. The van der Waals surface area contributed by atoms with Crippen molar-refractivity contribution in [3.8, 4) is 11.5 Å². The van der Waals surface area contributed by atoms with E-state index >= 15 is 0 Å². The van der Waals surface area contributed by atoms with Gasteiger partial charge in [-0.1, -0.05) is 25.1 Å². The number of hydrogen-bond donors (Lipinski definition) is 0. The van der Waals surface area contributed by atoms with Crippen LogP contribution in [0.1, 0.15) is 60.7 Å². The molecule has 2 aliphatic heterocycles. The number of ether oxygens (including phenoxy) is 2. The SMILES string of the molecule is CC(C)c1nc([C@H]2CCCN2C(=O)c2cccc3c2OCO3)no1. The van der Waals surface area contributed by atoms with Gasteiger partial charge in [0.2, 0.25) is 12.7 Å². The maximum atomic E-state index is 13.0. The fourth-order valence-electron chi connectivity index (χ4n) is 3.15. The predicted octanol–water partition coefficient (Wildman–Crippen LogP) is 2.90. The lowest BCUT2D eigenvalue weighted by Gasteiger charge is -2.22. The molecule has 0 radical (unpaired) electrons. The van der Waals surface area contributed by atoms with Crippen LogP contribution >= 0.6 is 0 Å². The van der Waals surface area contributed by atoms with Gasteiger partial charge in [-0.3, -0.25) is 4.79 Å². The van der Waals surface area contributed by atoms with E-state index in [1.54, 1.807) is 23.1 Å². The summed E-state index contributed by atoms with van der Waals surface area (Å²) in [4.78, 5) is 19.3. The van der Waals surface area contributed by atoms with Crippen molar-refractivity contribution in [2.75, 3.05) is 13.3 Å². The number of rotatable bonds is 3. The first-order valence-electron chi connectivity index (χ1n) is 8.18. The van der Waals surface area contributed by atoms with Crippen LogP contribution in [0.5, 0.6) is 11.5 Å². The minimum absolute atomic E-state index is 0.0873. The minimum atomic E-state index is -0.160. The van der Waals surface area contributed by atoms with Crippen LogP contribution in [-0.4, -0.2) is 34.3 Å². The van der Waals surface area contributed by atoms with E-state index in [4.69, 9.17) is 14.0 Å². The number of nitrogens with zero attached hydrogens (tertiary/aromatic N) is 3. The van der Waals surface area contributed by atoms with Crippen molar-refractivity contribution < 1.29 is 18.8 Å². The van der Waals surface area contributed by atoms with Crippen LogP contribution in [0.4, 0.5) is 0 Å². The molecule has 0 N–H and O–H groups in total. The van der Waals surface area contributed by atoms with Crippen LogP contribution in [0.3, 0.4) is 0 Å². The molecule has 0 unspecified atom stereocenters. The molecule has 0 spiro atoms. The van der Waals surface area contributed by atoms with Crippen molar-refractivity contribution in [2.24, 2.45) is 0 Å². The van der Waals surface area contributed by atoms with Crippen LogP contribution in [0.15, 0.2) is 22.7 Å². The number of para-hydroxylation sites is 1. The Morgan fingerprint density at radius 2 is 2.21 bits per heavy atom. The molecule has 4 rings (SSSR count). The van der Waals surface area contributed by atoms with E-state index in [0.29, 0.717) is 35.3 Å². The quantitative estimate of drug-likeness (QED) is 0.861. The lowest BCUT2D eigenvalue weighted by atomic mass is 10.1. The van der Waals surface area contributed by atoms with Crippen LogP contribution < -0.4 is 9.47 Å². The smallest absolute Gasteiger partial charge is 0.258 e. The van der Waals surface area contributed by atoms with E-state index in [-0.39, 0.29) is 24.7 Å². The van der Waals surface area contributed by atoms with Gasteiger partial charge in [0.1, 0.15) is 0 Å². The van der Waals surface area contributed by atoms with E-state index in [1.165, 1.54) is 0 Å². The third-order valence-electron chi connectivity index (χ3n) is 4.39. The normalized spacial score (nSPS) is 19.3. The first-order valence-corrected chi connectivity index (χ1v) is 8.18. The summed E-state index contributed by atoms with van der Waals surface area (Å²) >= 11 is 0. The molecule has 1 amide bonds. The number of fused-ring (bicyclic) bond motifs is 1. The van der Waals surface area contributed by atoms with Crippen molar-refractivity contribution >= 4 is 5.91 Å². The molecule has 7 heteroatoms. The summed E-state index contributed by atoms with van der Waals surface area (Å²) in [6.07, 6.45) is 1.74. The largest absolute Gasteiger partial charge is 0.454 e. The summed E-state index contributed by atoms with van der Waals surface area (Å²) < 4.78 is 16.1. The van der Waals surface area contributed by atoms with Crippen molar-refractivity contribution in [3.63, 3.8) is 0 Å². The van der Waals surface area contributed by atoms with Crippen LogP contribution in [0.25, 0.3) is 0 Å². The number of benzene rings is 1. The molecule has 0 aliphatic carbocycles. The summed E-state index contributed by atoms with van der Waals surface area (Å²) in [7, 11) is 0. The second-order valence-electron chi connectivity index (χ2n) is 6.34. The zero-order chi connectivity index (χ0) is 16.7. The number of carbonyl (C=O) groups excluding carboxylic acids is 1. The number of likely N-dealkylation sites (tertiary alicyclic amines) is 1. The standard InChI is InChI=1S/C17H19N3O4/c1-10(2)16-18-15(19-24-16)12-6-4-8-20(12)17(21)11-5-3-7-13-14(11)23-9-22-13/h3,5,7,10,12H,4,6,8-9H2,1-2H3/t12-/m1/s1. The van der Waals surface area contributed by atoms with E-state index < -0.39 is 0 Å². The molecule has 0 saturated carbocycles. The molecule has 2 aliphatic rings. The van der Waals surface area contributed by atoms with Gasteiger partial charge in [-0.15, -0.1) is 0 Å². The van der Waals surface area contributed by atoms with Crippen LogP contribution in [0.2, 0.25) is 0 Å². The monoisotopic (exact) mass is 329 g/mol. The average molecular weight is 329 g/mol. The maximum absolute atomic E-state index is 13.0. The van der Waals surface area contributed by atoms with Crippen molar-refractivity contribution in [1.29, 1.82) is 0 Å². The Hall–Kier alpha value is -2.57.